The first-order valence-corrected chi connectivity index (χ1v) is 5.91. The van der Waals surface area contributed by atoms with Gasteiger partial charge in [-0.1, -0.05) is 27.2 Å². The smallest absolute Gasteiger partial charge is 0.0862 e. The van der Waals surface area contributed by atoms with Crippen molar-refractivity contribution >= 4 is 0 Å². The van der Waals surface area contributed by atoms with Gasteiger partial charge in [0.25, 0.3) is 0 Å². The van der Waals surface area contributed by atoms with Crippen molar-refractivity contribution in [1.29, 1.82) is 0 Å². The van der Waals surface area contributed by atoms with Crippen molar-refractivity contribution < 1.29 is 5.11 Å². The van der Waals surface area contributed by atoms with Crippen molar-refractivity contribution in [1.82, 2.24) is 4.90 Å². The molecule has 14 heavy (non-hydrogen) atoms. The monoisotopic (exact) mass is 197 g/mol. The molecule has 0 aromatic heterocycles. The second kappa shape index (κ2) is 3.21. The van der Waals surface area contributed by atoms with Crippen LogP contribution in [0.25, 0.3) is 0 Å². The SMILES string of the molecule is CC(C)(C)C1(O)CCN2CCCCC21. The fourth-order valence-corrected chi connectivity index (χ4v) is 3.15. The first kappa shape index (κ1) is 10.4. The molecule has 82 valence electrons. The summed E-state index contributed by atoms with van der Waals surface area (Å²) in [6.07, 6.45) is 4.76. The summed E-state index contributed by atoms with van der Waals surface area (Å²) >= 11 is 0. The predicted molar refractivity (Wildman–Crippen MR) is 58.2 cm³/mol. The van der Waals surface area contributed by atoms with Gasteiger partial charge in [0.1, 0.15) is 0 Å². The Labute approximate surface area is 87.3 Å². The molecule has 2 atom stereocenters. The Balaban J connectivity index is 2.21. The van der Waals surface area contributed by atoms with E-state index in [1.54, 1.807) is 0 Å². The zero-order valence-corrected chi connectivity index (χ0v) is 9.71. The van der Waals surface area contributed by atoms with Crippen LogP contribution in [0.4, 0.5) is 0 Å². The summed E-state index contributed by atoms with van der Waals surface area (Å²) in [5.74, 6) is 0. The van der Waals surface area contributed by atoms with Crippen LogP contribution in [0.5, 0.6) is 0 Å². The highest BCUT2D eigenvalue weighted by Crippen LogP contribution is 2.45. The number of rotatable bonds is 0. The van der Waals surface area contributed by atoms with Crippen LogP contribution >= 0.6 is 0 Å². The number of nitrogens with zero attached hydrogens (tertiary/aromatic N) is 1. The van der Waals surface area contributed by atoms with Gasteiger partial charge in [-0.05, 0) is 31.2 Å². The van der Waals surface area contributed by atoms with Crippen LogP contribution in [-0.2, 0) is 0 Å². The first-order valence-electron chi connectivity index (χ1n) is 5.91. The number of hydrogen-bond acceptors (Lipinski definition) is 2. The van der Waals surface area contributed by atoms with Crippen LogP contribution in [0.1, 0.15) is 46.5 Å². The fraction of sp³-hybridized carbons (Fsp3) is 1.00. The molecule has 1 N–H and O–H groups in total. The lowest BCUT2D eigenvalue weighted by atomic mass is 9.70. The summed E-state index contributed by atoms with van der Waals surface area (Å²) < 4.78 is 0. The van der Waals surface area contributed by atoms with E-state index in [0.29, 0.717) is 6.04 Å². The maximum Gasteiger partial charge on any atom is 0.0862 e. The van der Waals surface area contributed by atoms with Crippen LogP contribution in [0.3, 0.4) is 0 Å². The molecule has 2 aliphatic rings. The van der Waals surface area contributed by atoms with Gasteiger partial charge >= 0.3 is 0 Å². The molecule has 0 radical (unpaired) electrons. The van der Waals surface area contributed by atoms with Gasteiger partial charge in [0, 0.05) is 12.6 Å². The van der Waals surface area contributed by atoms with Gasteiger partial charge in [-0.15, -0.1) is 0 Å². The number of piperidine rings is 1. The molecule has 2 rings (SSSR count). The van der Waals surface area contributed by atoms with Gasteiger partial charge in [-0.3, -0.25) is 4.90 Å². The highest BCUT2D eigenvalue weighted by atomic mass is 16.3. The third-order valence-corrected chi connectivity index (χ3v) is 4.24. The number of fused-ring (bicyclic) bond motifs is 1. The van der Waals surface area contributed by atoms with Crippen molar-refractivity contribution in [2.45, 2.75) is 58.1 Å². The first-order chi connectivity index (χ1) is 6.45. The summed E-state index contributed by atoms with van der Waals surface area (Å²) in [7, 11) is 0. The van der Waals surface area contributed by atoms with E-state index < -0.39 is 5.60 Å². The minimum absolute atomic E-state index is 0.0176. The van der Waals surface area contributed by atoms with Crippen LogP contribution < -0.4 is 0 Å². The van der Waals surface area contributed by atoms with E-state index in [1.165, 1.54) is 25.8 Å². The number of aliphatic hydroxyl groups is 1. The minimum Gasteiger partial charge on any atom is -0.388 e. The molecule has 2 fully saturated rings. The van der Waals surface area contributed by atoms with E-state index in [1.807, 2.05) is 0 Å². The molecule has 2 unspecified atom stereocenters. The minimum atomic E-state index is -0.451. The third kappa shape index (κ3) is 1.40. The molecule has 0 aliphatic carbocycles. The topological polar surface area (TPSA) is 23.5 Å². The maximum atomic E-state index is 10.8. The molecular formula is C12H23NO. The molecule has 2 aliphatic heterocycles. The lowest BCUT2D eigenvalue weighted by Crippen LogP contribution is -2.54. The second-order valence-corrected chi connectivity index (χ2v) is 5.97. The van der Waals surface area contributed by atoms with Gasteiger partial charge in [-0.25, -0.2) is 0 Å². The Morgan fingerprint density at radius 2 is 1.93 bits per heavy atom. The Morgan fingerprint density at radius 1 is 1.21 bits per heavy atom. The zero-order valence-electron chi connectivity index (χ0n) is 9.71. The Kier molecular flexibility index (Phi) is 2.39. The van der Waals surface area contributed by atoms with Crippen LogP contribution in [-0.4, -0.2) is 34.7 Å². The van der Waals surface area contributed by atoms with E-state index in [4.69, 9.17) is 0 Å². The predicted octanol–water partition coefficient (Wildman–Crippen LogP) is 2.02. The fourth-order valence-electron chi connectivity index (χ4n) is 3.15. The molecule has 0 aromatic carbocycles. The second-order valence-electron chi connectivity index (χ2n) is 5.97. The molecule has 0 amide bonds. The molecular weight excluding hydrogens is 174 g/mol. The van der Waals surface area contributed by atoms with E-state index >= 15 is 0 Å². The van der Waals surface area contributed by atoms with Crippen molar-refractivity contribution in [3.63, 3.8) is 0 Å². The normalized spacial score (nSPS) is 39.9. The van der Waals surface area contributed by atoms with Crippen LogP contribution in [0.2, 0.25) is 0 Å². The average molecular weight is 197 g/mol. The molecule has 0 saturated carbocycles. The van der Waals surface area contributed by atoms with Gasteiger partial charge in [0.2, 0.25) is 0 Å². The summed E-state index contributed by atoms with van der Waals surface area (Å²) in [5.41, 5.74) is -0.433. The summed E-state index contributed by atoms with van der Waals surface area (Å²) in [6.45, 7) is 8.81. The van der Waals surface area contributed by atoms with Crippen molar-refractivity contribution in [3.05, 3.63) is 0 Å². The molecule has 0 spiro atoms. The molecule has 0 aromatic rings. The number of hydrogen-bond donors (Lipinski definition) is 1. The summed E-state index contributed by atoms with van der Waals surface area (Å²) in [6, 6.07) is 0.427. The standard InChI is InChI=1S/C12H23NO/c1-11(2,3)12(14)7-9-13-8-5-4-6-10(12)13/h10,14H,4-9H2,1-3H3. The Bertz CT molecular complexity index is 221. The Morgan fingerprint density at radius 3 is 2.57 bits per heavy atom. The van der Waals surface area contributed by atoms with Crippen molar-refractivity contribution in [3.8, 4) is 0 Å². The van der Waals surface area contributed by atoms with Gasteiger partial charge in [-0.2, -0.15) is 0 Å². The van der Waals surface area contributed by atoms with E-state index in [0.717, 1.165) is 13.0 Å². The average Bonchev–Trinajstić information content (AvgIpc) is 2.45. The molecule has 2 heteroatoms. The summed E-state index contributed by atoms with van der Waals surface area (Å²) in [5, 5.41) is 10.8. The van der Waals surface area contributed by atoms with E-state index in [9.17, 15) is 5.11 Å². The largest absolute Gasteiger partial charge is 0.388 e. The Hall–Kier alpha value is -0.0800. The van der Waals surface area contributed by atoms with Gasteiger partial charge in [0.05, 0.1) is 5.60 Å². The maximum absolute atomic E-state index is 10.8. The third-order valence-electron chi connectivity index (χ3n) is 4.24. The molecule has 2 nitrogen and oxygen atoms in total. The highest BCUT2D eigenvalue weighted by molar-refractivity contribution is 5.06. The van der Waals surface area contributed by atoms with E-state index in [-0.39, 0.29) is 5.41 Å². The quantitative estimate of drug-likeness (QED) is 0.642. The molecule has 0 bridgehead atoms. The van der Waals surface area contributed by atoms with Crippen LogP contribution in [0, 0.1) is 5.41 Å². The van der Waals surface area contributed by atoms with Crippen LogP contribution in [0.15, 0.2) is 0 Å². The lowest BCUT2D eigenvalue weighted by molar-refractivity contribution is -0.0891. The zero-order chi connectivity index (χ0) is 10.4. The van der Waals surface area contributed by atoms with Gasteiger partial charge in [0.15, 0.2) is 0 Å². The van der Waals surface area contributed by atoms with Gasteiger partial charge < -0.3 is 5.11 Å². The lowest BCUT2D eigenvalue weighted by Gasteiger charge is -2.45. The summed E-state index contributed by atoms with van der Waals surface area (Å²) in [4.78, 5) is 2.49. The van der Waals surface area contributed by atoms with Crippen molar-refractivity contribution in [2.75, 3.05) is 13.1 Å². The van der Waals surface area contributed by atoms with E-state index in [2.05, 4.69) is 25.7 Å². The molecule has 2 saturated heterocycles. The van der Waals surface area contributed by atoms with Crippen molar-refractivity contribution in [2.24, 2.45) is 5.41 Å². The molecule has 2 heterocycles. The highest BCUT2D eigenvalue weighted by Gasteiger charge is 2.53.